The molecule has 2 N–H and O–H groups in total. The molecule has 3 rings (SSSR count). The topological polar surface area (TPSA) is 74.6 Å². The molecule has 0 radical (unpaired) electrons. The molecular formula is C20H24ClN3O3. The van der Waals surface area contributed by atoms with Gasteiger partial charge in [-0.05, 0) is 49.6 Å². The third-order valence-corrected chi connectivity index (χ3v) is 5.09. The van der Waals surface area contributed by atoms with E-state index < -0.39 is 0 Å². The second-order valence-electron chi connectivity index (χ2n) is 6.78. The molecule has 0 spiro atoms. The Morgan fingerprint density at radius 2 is 2.04 bits per heavy atom. The number of likely N-dealkylation sites (tertiary alicyclic amines) is 1. The molecule has 144 valence electrons. The average Bonchev–Trinajstić information content (AvgIpc) is 3.20. The summed E-state index contributed by atoms with van der Waals surface area (Å²) in [5, 5.41) is 6.54. The standard InChI is InChI=1S/C20H24ClN3O3/c1-14(16-4-2-5-17(21)12-16)23-19(25)15-7-9-24(10-8-15)20(26)22-13-18-6-3-11-27-18/h2-6,11-12,14-15H,7-10,13H2,1H3,(H,22,26)(H,23,25). The normalized spacial score (nSPS) is 16.0. The number of nitrogens with one attached hydrogen (secondary N) is 2. The van der Waals surface area contributed by atoms with Crippen molar-refractivity contribution in [2.75, 3.05) is 13.1 Å². The van der Waals surface area contributed by atoms with E-state index in [-0.39, 0.29) is 23.9 Å². The minimum atomic E-state index is -0.127. The van der Waals surface area contributed by atoms with Gasteiger partial charge in [0.15, 0.2) is 0 Å². The van der Waals surface area contributed by atoms with Crippen molar-refractivity contribution in [3.63, 3.8) is 0 Å². The number of furan rings is 1. The van der Waals surface area contributed by atoms with Crippen LogP contribution >= 0.6 is 11.6 Å². The van der Waals surface area contributed by atoms with Gasteiger partial charge in [-0.25, -0.2) is 4.79 Å². The first-order valence-corrected chi connectivity index (χ1v) is 9.51. The van der Waals surface area contributed by atoms with Crippen LogP contribution in [0.2, 0.25) is 5.02 Å². The summed E-state index contributed by atoms with van der Waals surface area (Å²) in [7, 11) is 0. The number of hydrogen-bond acceptors (Lipinski definition) is 3. The number of halogens is 1. The molecule has 27 heavy (non-hydrogen) atoms. The van der Waals surface area contributed by atoms with Crippen LogP contribution in [0, 0.1) is 5.92 Å². The van der Waals surface area contributed by atoms with Crippen molar-refractivity contribution in [2.24, 2.45) is 5.92 Å². The molecule has 2 aromatic rings. The first-order chi connectivity index (χ1) is 13.0. The number of piperidine rings is 1. The zero-order chi connectivity index (χ0) is 19.2. The van der Waals surface area contributed by atoms with E-state index in [9.17, 15) is 9.59 Å². The van der Waals surface area contributed by atoms with E-state index in [0.717, 1.165) is 5.56 Å². The maximum absolute atomic E-state index is 12.5. The number of nitrogens with zero attached hydrogens (tertiary/aromatic N) is 1. The molecular weight excluding hydrogens is 366 g/mol. The minimum Gasteiger partial charge on any atom is -0.467 e. The van der Waals surface area contributed by atoms with Gasteiger partial charge in [0.25, 0.3) is 0 Å². The summed E-state index contributed by atoms with van der Waals surface area (Å²) in [5.41, 5.74) is 0.977. The Balaban J connectivity index is 1.44. The summed E-state index contributed by atoms with van der Waals surface area (Å²) in [6.07, 6.45) is 2.89. The van der Waals surface area contributed by atoms with Crippen LogP contribution in [-0.4, -0.2) is 29.9 Å². The maximum atomic E-state index is 12.5. The number of urea groups is 1. The Hall–Kier alpha value is -2.47. The Labute approximate surface area is 163 Å². The number of carbonyl (C=O) groups is 2. The van der Waals surface area contributed by atoms with E-state index in [0.29, 0.717) is 43.3 Å². The molecule has 1 aromatic carbocycles. The lowest BCUT2D eigenvalue weighted by Gasteiger charge is -2.32. The van der Waals surface area contributed by atoms with Crippen LogP contribution < -0.4 is 10.6 Å². The fraction of sp³-hybridized carbons (Fsp3) is 0.400. The third kappa shape index (κ3) is 5.26. The predicted octanol–water partition coefficient (Wildman–Crippen LogP) is 3.73. The highest BCUT2D eigenvalue weighted by atomic mass is 35.5. The van der Waals surface area contributed by atoms with Gasteiger partial charge in [-0.15, -0.1) is 0 Å². The van der Waals surface area contributed by atoms with E-state index in [1.165, 1.54) is 0 Å². The van der Waals surface area contributed by atoms with E-state index in [2.05, 4.69) is 10.6 Å². The molecule has 0 bridgehead atoms. The SMILES string of the molecule is CC(NC(=O)C1CCN(C(=O)NCc2ccco2)CC1)c1cccc(Cl)c1. The Kier molecular flexibility index (Phi) is 6.40. The number of hydrogen-bond donors (Lipinski definition) is 2. The van der Waals surface area contributed by atoms with Crippen molar-refractivity contribution in [2.45, 2.75) is 32.4 Å². The summed E-state index contributed by atoms with van der Waals surface area (Å²) < 4.78 is 5.21. The van der Waals surface area contributed by atoms with Crippen molar-refractivity contribution < 1.29 is 14.0 Å². The third-order valence-electron chi connectivity index (χ3n) is 4.85. The lowest BCUT2D eigenvalue weighted by Crippen LogP contribution is -2.46. The molecule has 0 aliphatic carbocycles. The summed E-state index contributed by atoms with van der Waals surface area (Å²) in [4.78, 5) is 26.5. The van der Waals surface area contributed by atoms with E-state index in [4.69, 9.17) is 16.0 Å². The molecule has 1 saturated heterocycles. The molecule has 7 heteroatoms. The molecule has 1 atom stereocenters. The van der Waals surface area contributed by atoms with Crippen molar-refractivity contribution >= 4 is 23.5 Å². The van der Waals surface area contributed by atoms with E-state index in [1.54, 1.807) is 17.2 Å². The van der Waals surface area contributed by atoms with Crippen molar-refractivity contribution in [3.05, 3.63) is 59.0 Å². The zero-order valence-corrected chi connectivity index (χ0v) is 16.0. The first kappa shape index (κ1) is 19.3. The summed E-state index contributed by atoms with van der Waals surface area (Å²) in [6.45, 7) is 3.44. The number of rotatable bonds is 5. The second-order valence-corrected chi connectivity index (χ2v) is 7.22. The molecule has 0 saturated carbocycles. The fourth-order valence-electron chi connectivity index (χ4n) is 3.22. The lowest BCUT2D eigenvalue weighted by molar-refractivity contribution is -0.126. The fourth-order valence-corrected chi connectivity index (χ4v) is 3.42. The quantitative estimate of drug-likeness (QED) is 0.818. The summed E-state index contributed by atoms with van der Waals surface area (Å²) >= 11 is 6.02. The summed E-state index contributed by atoms with van der Waals surface area (Å²) in [5.74, 6) is 0.659. The summed E-state index contributed by atoms with van der Waals surface area (Å²) in [6, 6.07) is 10.9. The molecule has 2 heterocycles. The molecule has 1 aliphatic heterocycles. The number of amides is 3. The van der Waals surface area contributed by atoms with Crippen molar-refractivity contribution in [1.29, 1.82) is 0 Å². The van der Waals surface area contributed by atoms with Gasteiger partial charge in [-0.2, -0.15) is 0 Å². The van der Waals surface area contributed by atoms with Crippen molar-refractivity contribution in [1.82, 2.24) is 15.5 Å². The van der Waals surface area contributed by atoms with Gasteiger partial charge in [-0.3, -0.25) is 4.79 Å². The van der Waals surface area contributed by atoms with Gasteiger partial charge in [0, 0.05) is 24.0 Å². The molecule has 1 aliphatic rings. The molecule has 1 fully saturated rings. The van der Waals surface area contributed by atoms with E-state index in [1.807, 2.05) is 37.3 Å². The van der Waals surface area contributed by atoms with Crippen LogP contribution in [0.1, 0.15) is 37.1 Å². The van der Waals surface area contributed by atoms with Gasteiger partial charge in [-0.1, -0.05) is 23.7 Å². The largest absolute Gasteiger partial charge is 0.467 e. The first-order valence-electron chi connectivity index (χ1n) is 9.14. The monoisotopic (exact) mass is 389 g/mol. The highest BCUT2D eigenvalue weighted by molar-refractivity contribution is 6.30. The van der Waals surface area contributed by atoms with Crippen LogP contribution in [0.4, 0.5) is 4.79 Å². The second kappa shape index (κ2) is 8.95. The number of carbonyl (C=O) groups excluding carboxylic acids is 2. The molecule has 1 unspecified atom stereocenters. The van der Waals surface area contributed by atoms with Gasteiger partial charge >= 0.3 is 6.03 Å². The Bertz CT molecular complexity index is 771. The van der Waals surface area contributed by atoms with Crippen LogP contribution in [0.3, 0.4) is 0 Å². The highest BCUT2D eigenvalue weighted by Gasteiger charge is 2.28. The van der Waals surface area contributed by atoms with Crippen LogP contribution in [-0.2, 0) is 11.3 Å². The van der Waals surface area contributed by atoms with Gasteiger partial charge in [0.05, 0.1) is 18.8 Å². The van der Waals surface area contributed by atoms with E-state index >= 15 is 0 Å². The molecule has 1 aromatic heterocycles. The molecule has 6 nitrogen and oxygen atoms in total. The van der Waals surface area contributed by atoms with Gasteiger partial charge < -0.3 is 20.0 Å². The Morgan fingerprint density at radius 3 is 2.70 bits per heavy atom. The zero-order valence-electron chi connectivity index (χ0n) is 15.3. The highest BCUT2D eigenvalue weighted by Crippen LogP contribution is 2.21. The number of benzene rings is 1. The lowest BCUT2D eigenvalue weighted by atomic mass is 9.95. The van der Waals surface area contributed by atoms with Gasteiger partial charge in [0.2, 0.25) is 5.91 Å². The van der Waals surface area contributed by atoms with Crippen LogP contribution in [0.5, 0.6) is 0 Å². The predicted molar refractivity (Wildman–Crippen MR) is 103 cm³/mol. The van der Waals surface area contributed by atoms with Crippen LogP contribution in [0.15, 0.2) is 47.1 Å². The molecule has 3 amide bonds. The Morgan fingerprint density at radius 1 is 1.26 bits per heavy atom. The minimum absolute atomic E-state index is 0.0260. The van der Waals surface area contributed by atoms with Crippen molar-refractivity contribution in [3.8, 4) is 0 Å². The van der Waals surface area contributed by atoms with Gasteiger partial charge in [0.1, 0.15) is 5.76 Å². The van der Waals surface area contributed by atoms with Crippen LogP contribution in [0.25, 0.3) is 0 Å². The maximum Gasteiger partial charge on any atom is 0.317 e. The smallest absolute Gasteiger partial charge is 0.317 e. The average molecular weight is 390 g/mol.